The number of fused-ring (bicyclic) bond motifs is 1. The van der Waals surface area contributed by atoms with Crippen LogP contribution in [0.15, 0.2) is 72.9 Å². The van der Waals surface area contributed by atoms with Crippen molar-refractivity contribution >= 4 is 16.6 Å². The lowest BCUT2D eigenvalue weighted by Gasteiger charge is -2.26. The molecule has 0 atom stereocenters. The maximum atomic E-state index is 14.0. The first-order chi connectivity index (χ1) is 15.2. The van der Waals surface area contributed by atoms with Gasteiger partial charge in [-0.15, -0.1) is 0 Å². The van der Waals surface area contributed by atoms with Crippen molar-refractivity contribution in [2.45, 2.75) is 13.0 Å². The topological polar surface area (TPSA) is 41.1 Å². The third-order valence-corrected chi connectivity index (χ3v) is 5.87. The molecule has 0 amide bonds. The number of hydrogen-bond donors (Lipinski definition) is 1. The maximum absolute atomic E-state index is 14.0. The van der Waals surface area contributed by atoms with Gasteiger partial charge in [0.1, 0.15) is 17.2 Å². The summed E-state index contributed by atoms with van der Waals surface area (Å²) in [7, 11) is 1.60. The normalized spacial score (nSPS) is 14.6. The van der Waals surface area contributed by atoms with E-state index in [0.717, 1.165) is 53.9 Å². The summed E-state index contributed by atoms with van der Waals surface area (Å²) in [4.78, 5) is 10.4. The van der Waals surface area contributed by atoms with Crippen LogP contribution in [-0.2, 0) is 6.54 Å². The molecule has 5 rings (SSSR count). The Bertz CT molecular complexity index is 1250. The largest absolute Gasteiger partial charge is 0.496 e. The molecule has 0 saturated carbocycles. The van der Waals surface area contributed by atoms with Crippen LogP contribution in [0.2, 0.25) is 0 Å². The van der Waals surface area contributed by atoms with Crippen molar-refractivity contribution in [3.63, 3.8) is 0 Å². The van der Waals surface area contributed by atoms with E-state index < -0.39 is 0 Å². The molecular weight excluding hydrogens is 389 g/mol. The molecule has 0 radical (unpaired) electrons. The first kappa shape index (κ1) is 19.5. The summed E-state index contributed by atoms with van der Waals surface area (Å²) in [5.74, 6) is 0.357. The molecule has 4 aromatic rings. The molecule has 156 valence electrons. The Morgan fingerprint density at radius 3 is 2.71 bits per heavy atom. The number of methoxy groups -OCH3 is 1. The van der Waals surface area contributed by atoms with Crippen LogP contribution in [0.4, 0.5) is 4.39 Å². The zero-order valence-electron chi connectivity index (χ0n) is 17.4. The lowest BCUT2D eigenvalue weighted by Crippen LogP contribution is -2.28. The van der Waals surface area contributed by atoms with Crippen molar-refractivity contribution in [1.29, 1.82) is 0 Å². The van der Waals surface area contributed by atoms with Gasteiger partial charge in [0.05, 0.1) is 7.11 Å². The lowest BCUT2D eigenvalue weighted by molar-refractivity contribution is 0.294. The van der Waals surface area contributed by atoms with Gasteiger partial charge in [-0.2, -0.15) is 0 Å². The Kier molecular flexibility index (Phi) is 5.26. The molecule has 4 nitrogen and oxygen atoms in total. The van der Waals surface area contributed by atoms with Crippen molar-refractivity contribution in [2.24, 2.45) is 0 Å². The first-order valence-electron chi connectivity index (χ1n) is 10.5. The third kappa shape index (κ3) is 3.97. The van der Waals surface area contributed by atoms with E-state index in [1.165, 1.54) is 23.3 Å². The molecule has 1 N–H and O–H groups in total. The van der Waals surface area contributed by atoms with Crippen LogP contribution in [0.5, 0.6) is 5.75 Å². The minimum Gasteiger partial charge on any atom is -0.496 e. The molecular formula is C26H24FN3O. The number of nitrogens with one attached hydrogen (secondary N) is 1. The molecule has 0 unspecified atom stereocenters. The summed E-state index contributed by atoms with van der Waals surface area (Å²) in [6, 6.07) is 19.2. The zero-order chi connectivity index (χ0) is 21.2. The van der Waals surface area contributed by atoms with Crippen molar-refractivity contribution in [1.82, 2.24) is 14.9 Å². The quantitative estimate of drug-likeness (QED) is 0.459. The second-order valence-electron chi connectivity index (χ2n) is 7.85. The number of H-pyrrole nitrogens is 1. The van der Waals surface area contributed by atoms with Gasteiger partial charge >= 0.3 is 0 Å². The predicted molar refractivity (Wildman–Crippen MR) is 122 cm³/mol. The fraction of sp³-hybridized carbons (Fsp3) is 0.192. The number of benzene rings is 2. The van der Waals surface area contributed by atoms with Crippen LogP contribution in [-0.4, -0.2) is 35.1 Å². The van der Waals surface area contributed by atoms with Gasteiger partial charge in [0, 0.05) is 42.5 Å². The standard InChI is InChI=1S/C26H24FN3O/c1-31-25-8-7-20(27)15-22(25)21-9-12-28-26-23(21)16-24(29-26)19-10-13-30(14-11-19)17-18-5-3-2-4-6-18/h2-10,12,15-16H,11,13-14,17H2,1H3,(H,28,29). The number of aromatic nitrogens is 2. The van der Waals surface area contributed by atoms with Gasteiger partial charge in [0.2, 0.25) is 0 Å². The Morgan fingerprint density at radius 2 is 1.94 bits per heavy atom. The summed E-state index contributed by atoms with van der Waals surface area (Å²) in [6.45, 7) is 2.88. The Balaban J connectivity index is 1.44. The van der Waals surface area contributed by atoms with E-state index in [9.17, 15) is 4.39 Å². The van der Waals surface area contributed by atoms with Crippen molar-refractivity contribution < 1.29 is 9.13 Å². The molecule has 1 aliphatic heterocycles. The molecule has 2 aromatic heterocycles. The molecule has 0 saturated heterocycles. The highest BCUT2D eigenvalue weighted by Gasteiger charge is 2.17. The van der Waals surface area contributed by atoms with Gasteiger partial charge in [-0.25, -0.2) is 9.37 Å². The van der Waals surface area contributed by atoms with E-state index in [1.54, 1.807) is 19.4 Å². The van der Waals surface area contributed by atoms with E-state index in [2.05, 4.69) is 57.3 Å². The van der Waals surface area contributed by atoms with Gasteiger partial charge in [-0.3, -0.25) is 4.90 Å². The number of pyridine rings is 1. The maximum Gasteiger partial charge on any atom is 0.138 e. The summed E-state index contributed by atoms with van der Waals surface area (Å²) in [5.41, 5.74) is 6.14. The average Bonchev–Trinajstić information content (AvgIpc) is 3.25. The number of ether oxygens (including phenoxy) is 1. The number of halogens is 1. The van der Waals surface area contributed by atoms with E-state index >= 15 is 0 Å². The minimum atomic E-state index is -0.287. The average molecular weight is 413 g/mol. The SMILES string of the molecule is COc1ccc(F)cc1-c1ccnc2[nH]c(C3=CCN(Cc4ccccc4)CC3)cc12. The van der Waals surface area contributed by atoms with Crippen LogP contribution in [0, 0.1) is 5.82 Å². The molecule has 0 spiro atoms. The molecule has 1 aliphatic rings. The molecule has 0 fully saturated rings. The number of aromatic amines is 1. The number of nitrogens with zero attached hydrogens (tertiary/aromatic N) is 2. The fourth-order valence-corrected chi connectivity index (χ4v) is 4.27. The number of rotatable bonds is 5. The smallest absolute Gasteiger partial charge is 0.138 e. The molecule has 0 aliphatic carbocycles. The van der Waals surface area contributed by atoms with Crippen LogP contribution >= 0.6 is 0 Å². The highest BCUT2D eigenvalue weighted by molar-refractivity contribution is 5.96. The van der Waals surface area contributed by atoms with Crippen LogP contribution in [0.25, 0.3) is 27.7 Å². The lowest BCUT2D eigenvalue weighted by atomic mass is 10.0. The molecule has 0 bridgehead atoms. The minimum absolute atomic E-state index is 0.287. The van der Waals surface area contributed by atoms with Gasteiger partial charge in [-0.1, -0.05) is 36.4 Å². The van der Waals surface area contributed by atoms with Gasteiger partial charge in [-0.05, 0) is 53.5 Å². The van der Waals surface area contributed by atoms with Gasteiger partial charge in [0.15, 0.2) is 0 Å². The molecule has 3 heterocycles. The number of hydrogen-bond acceptors (Lipinski definition) is 3. The summed E-state index contributed by atoms with van der Waals surface area (Å²) < 4.78 is 19.4. The van der Waals surface area contributed by atoms with Crippen molar-refractivity contribution in [2.75, 3.05) is 20.2 Å². The summed E-state index contributed by atoms with van der Waals surface area (Å²) in [6.07, 6.45) is 5.01. The summed E-state index contributed by atoms with van der Waals surface area (Å²) >= 11 is 0. The van der Waals surface area contributed by atoms with E-state index in [1.807, 2.05) is 6.07 Å². The molecule has 5 heteroatoms. The molecule has 31 heavy (non-hydrogen) atoms. The monoisotopic (exact) mass is 413 g/mol. The Morgan fingerprint density at radius 1 is 1.06 bits per heavy atom. The Labute approximate surface area is 181 Å². The van der Waals surface area contributed by atoms with Crippen molar-refractivity contribution in [3.8, 4) is 16.9 Å². The fourth-order valence-electron chi connectivity index (χ4n) is 4.27. The first-order valence-corrected chi connectivity index (χ1v) is 10.5. The van der Waals surface area contributed by atoms with Crippen molar-refractivity contribution in [3.05, 3.63) is 90.0 Å². The Hall–Kier alpha value is -3.44. The second-order valence-corrected chi connectivity index (χ2v) is 7.85. The second kappa shape index (κ2) is 8.36. The van der Waals surface area contributed by atoms with Gasteiger partial charge < -0.3 is 9.72 Å². The third-order valence-electron chi connectivity index (χ3n) is 5.87. The zero-order valence-corrected chi connectivity index (χ0v) is 17.4. The highest BCUT2D eigenvalue weighted by atomic mass is 19.1. The van der Waals surface area contributed by atoms with Crippen LogP contribution in [0.3, 0.4) is 0 Å². The highest BCUT2D eigenvalue weighted by Crippen LogP contribution is 2.36. The molecule has 2 aromatic carbocycles. The van der Waals surface area contributed by atoms with Gasteiger partial charge in [0.25, 0.3) is 0 Å². The predicted octanol–water partition coefficient (Wildman–Crippen LogP) is 5.67. The van der Waals surface area contributed by atoms with E-state index in [-0.39, 0.29) is 5.82 Å². The van der Waals surface area contributed by atoms with E-state index in [0.29, 0.717) is 5.75 Å². The summed E-state index contributed by atoms with van der Waals surface area (Å²) in [5, 5.41) is 0.967. The van der Waals surface area contributed by atoms with E-state index in [4.69, 9.17) is 4.74 Å². The van der Waals surface area contributed by atoms with Crippen LogP contribution < -0.4 is 4.74 Å². The van der Waals surface area contributed by atoms with Crippen LogP contribution in [0.1, 0.15) is 17.7 Å².